The number of carbonyl (C=O) groups excluding carboxylic acids is 1. The molecule has 1 N–H and O–H groups in total. The fourth-order valence-corrected chi connectivity index (χ4v) is 1.48. The Balaban J connectivity index is 2.13. The number of aliphatic hydroxyl groups is 1. The molecule has 0 bridgehead atoms. The maximum atomic E-state index is 11.6. The number of hydrogen-bond donors (Lipinski definition) is 1. The third-order valence-electron chi connectivity index (χ3n) is 2.13. The van der Waals surface area contributed by atoms with Crippen molar-refractivity contribution in [1.29, 1.82) is 0 Å². The Morgan fingerprint density at radius 2 is 2.21 bits per heavy atom. The molecular formula is C10H11NO3. The van der Waals surface area contributed by atoms with Crippen molar-refractivity contribution in [1.82, 2.24) is 5.06 Å². The smallest absolute Gasteiger partial charge is 0.278 e. The van der Waals surface area contributed by atoms with Crippen molar-refractivity contribution in [2.45, 2.75) is 6.54 Å². The first-order valence-electron chi connectivity index (χ1n) is 4.46. The highest BCUT2D eigenvalue weighted by molar-refractivity contribution is 5.97. The third kappa shape index (κ3) is 1.49. The van der Waals surface area contributed by atoms with Crippen LogP contribution in [0.3, 0.4) is 0 Å². The molecular weight excluding hydrogens is 182 g/mol. The van der Waals surface area contributed by atoms with Gasteiger partial charge in [0, 0.05) is 5.56 Å². The number of carbonyl (C=O) groups is 1. The molecule has 0 radical (unpaired) electrons. The minimum Gasteiger partial charge on any atom is -0.394 e. The summed E-state index contributed by atoms with van der Waals surface area (Å²) in [6.07, 6.45) is 0. The van der Waals surface area contributed by atoms with Crippen molar-refractivity contribution < 1.29 is 14.7 Å². The highest BCUT2D eigenvalue weighted by atomic mass is 16.7. The fourth-order valence-electron chi connectivity index (χ4n) is 1.48. The average molecular weight is 193 g/mol. The number of rotatable bonds is 3. The van der Waals surface area contributed by atoms with Crippen LogP contribution in [0.15, 0.2) is 24.3 Å². The van der Waals surface area contributed by atoms with Crippen LogP contribution in [0, 0.1) is 0 Å². The van der Waals surface area contributed by atoms with Crippen molar-refractivity contribution in [2.75, 3.05) is 13.2 Å². The lowest BCUT2D eigenvalue weighted by atomic mass is 10.1. The van der Waals surface area contributed by atoms with Crippen LogP contribution in [0.1, 0.15) is 15.9 Å². The summed E-state index contributed by atoms with van der Waals surface area (Å²) in [6, 6.07) is 7.39. The second-order valence-corrected chi connectivity index (χ2v) is 3.06. The molecule has 0 atom stereocenters. The lowest BCUT2D eigenvalue weighted by molar-refractivity contribution is -0.132. The van der Waals surface area contributed by atoms with Crippen LogP contribution in [0.4, 0.5) is 0 Å². The zero-order valence-electron chi connectivity index (χ0n) is 7.64. The summed E-state index contributed by atoms with van der Waals surface area (Å²) in [5.41, 5.74) is 1.65. The van der Waals surface area contributed by atoms with Gasteiger partial charge in [-0.25, -0.2) is 5.06 Å². The van der Waals surface area contributed by atoms with Gasteiger partial charge >= 0.3 is 0 Å². The van der Waals surface area contributed by atoms with Crippen LogP contribution in [0.5, 0.6) is 0 Å². The number of nitrogens with zero attached hydrogens (tertiary/aromatic N) is 1. The summed E-state index contributed by atoms with van der Waals surface area (Å²) < 4.78 is 0. The Bertz CT molecular complexity index is 351. The summed E-state index contributed by atoms with van der Waals surface area (Å²) in [4.78, 5) is 16.7. The second kappa shape index (κ2) is 3.77. The van der Waals surface area contributed by atoms with E-state index in [-0.39, 0.29) is 19.1 Å². The van der Waals surface area contributed by atoms with Crippen LogP contribution < -0.4 is 0 Å². The van der Waals surface area contributed by atoms with Gasteiger partial charge in [0.05, 0.1) is 19.8 Å². The van der Waals surface area contributed by atoms with E-state index in [9.17, 15) is 4.79 Å². The molecule has 4 nitrogen and oxygen atoms in total. The summed E-state index contributed by atoms with van der Waals surface area (Å²) in [7, 11) is 0. The Labute approximate surface area is 81.7 Å². The van der Waals surface area contributed by atoms with E-state index < -0.39 is 0 Å². The van der Waals surface area contributed by atoms with Crippen molar-refractivity contribution in [3.05, 3.63) is 35.4 Å². The normalized spacial score (nSPS) is 14.6. The molecule has 1 aliphatic heterocycles. The lowest BCUT2D eigenvalue weighted by Gasteiger charge is -2.13. The minimum absolute atomic E-state index is 0.0832. The minimum atomic E-state index is -0.131. The van der Waals surface area contributed by atoms with Crippen molar-refractivity contribution in [3.8, 4) is 0 Å². The standard InChI is InChI=1S/C10H11NO3/c12-5-6-14-11-7-8-3-1-2-4-9(8)10(11)13/h1-4,12H,5-7H2. The van der Waals surface area contributed by atoms with Crippen molar-refractivity contribution in [3.63, 3.8) is 0 Å². The Morgan fingerprint density at radius 3 is 2.93 bits per heavy atom. The molecule has 0 aliphatic carbocycles. The van der Waals surface area contributed by atoms with E-state index in [1.54, 1.807) is 6.07 Å². The summed E-state index contributed by atoms with van der Waals surface area (Å²) >= 11 is 0. The van der Waals surface area contributed by atoms with Crippen LogP contribution in [-0.2, 0) is 11.4 Å². The first-order valence-corrected chi connectivity index (χ1v) is 4.46. The maximum absolute atomic E-state index is 11.6. The molecule has 1 aliphatic rings. The van der Waals surface area contributed by atoms with E-state index in [0.717, 1.165) is 5.56 Å². The Hall–Kier alpha value is -1.39. The first-order chi connectivity index (χ1) is 6.83. The Kier molecular flexibility index (Phi) is 2.47. The molecule has 0 saturated carbocycles. The molecule has 1 aromatic rings. The van der Waals surface area contributed by atoms with E-state index in [4.69, 9.17) is 9.94 Å². The van der Waals surface area contributed by atoms with Gasteiger partial charge in [0.15, 0.2) is 0 Å². The molecule has 1 heterocycles. The van der Waals surface area contributed by atoms with Gasteiger partial charge in [0.25, 0.3) is 5.91 Å². The number of hydrogen-bond acceptors (Lipinski definition) is 3. The zero-order chi connectivity index (χ0) is 9.97. The first kappa shape index (κ1) is 9.18. The molecule has 0 aromatic heterocycles. The highest BCUT2D eigenvalue weighted by Crippen LogP contribution is 2.21. The summed E-state index contributed by atoms with van der Waals surface area (Å²) in [5, 5.41) is 9.85. The molecule has 14 heavy (non-hydrogen) atoms. The predicted molar refractivity (Wildman–Crippen MR) is 49.4 cm³/mol. The predicted octanol–water partition coefficient (Wildman–Crippen LogP) is 0.566. The summed E-state index contributed by atoms with van der Waals surface area (Å²) in [5.74, 6) is -0.131. The maximum Gasteiger partial charge on any atom is 0.278 e. The highest BCUT2D eigenvalue weighted by Gasteiger charge is 2.27. The molecule has 4 heteroatoms. The quantitative estimate of drug-likeness (QED) is 0.763. The van der Waals surface area contributed by atoms with Gasteiger partial charge in [0.2, 0.25) is 0 Å². The van der Waals surface area contributed by atoms with Crippen LogP contribution in [-0.4, -0.2) is 29.3 Å². The van der Waals surface area contributed by atoms with Gasteiger partial charge in [-0.05, 0) is 11.6 Å². The fraction of sp³-hybridized carbons (Fsp3) is 0.300. The van der Waals surface area contributed by atoms with Crippen molar-refractivity contribution in [2.24, 2.45) is 0 Å². The largest absolute Gasteiger partial charge is 0.394 e. The molecule has 0 saturated heterocycles. The molecule has 0 spiro atoms. The molecule has 2 rings (SSSR count). The molecule has 1 amide bonds. The van der Waals surface area contributed by atoms with Crippen LogP contribution >= 0.6 is 0 Å². The molecule has 0 unspecified atom stereocenters. The van der Waals surface area contributed by atoms with Gasteiger partial charge in [-0.15, -0.1) is 0 Å². The van der Waals surface area contributed by atoms with Crippen LogP contribution in [0.25, 0.3) is 0 Å². The van der Waals surface area contributed by atoms with Crippen molar-refractivity contribution >= 4 is 5.91 Å². The Morgan fingerprint density at radius 1 is 1.43 bits per heavy atom. The van der Waals surface area contributed by atoms with E-state index in [0.29, 0.717) is 12.1 Å². The monoisotopic (exact) mass is 193 g/mol. The van der Waals surface area contributed by atoms with Gasteiger partial charge < -0.3 is 5.11 Å². The number of amides is 1. The number of hydroxylamine groups is 2. The number of benzene rings is 1. The molecule has 74 valence electrons. The number of fused-ring (bicyclic) bond motifs is 1. The van der Waals surface area contributed by atoms with E-state index in [2.05, 4.69) is 0 Å². The van der Waals surface area contributed by atoms with Gasteiger partial charge in [-0.1, -0.05) is 18.2 Å². The second-order valence-electron chi connectivity index (χ2n) is 3.06. The lowest BCUT2D eigenvalue weighted by Crippen LogP contribution is -2.25. The zero-order valence-corrected chi connectivity index (χ0v) is 7.64. The molecule has 0 fully saturated rings. The van der Waals surface area contributed by atoms with E-state index in [1.807, 2.05) is 18.2 Å². The van der Waals surface area contributed by atoms with E-state index >= 15 is 0 Å². The SMILES string of the molecule is O=C1c2ccccc2CN1OCCO. The topological polar surface area (TPSA) is 49.8 Å². The summed E-state index contributed by atoms with van der Waals surface area (Å²) in [6.45, 7) is 0.537. The number of aliphatic hydroxyl groups excluding tert-OH is 1. The third-order valence-corrected chi connectivity index (χ3v) is 2.13. The molecule has 1 aromatic carbocycles. The van der Waals surface area contributed by atoms with E-state index in [1.165, 1.54) is 5.06 Å². The average Bonchev–Trinajstić information content (AvgIpc) is 2.54. The van der Waals surface area contributed by atoms with Gasteiger partial charge in [0.1, 0.15) is 0 Å². The van der Waals surface area contributed by atoms with Crippen LogP contribution in [0.2, 0.25) is 0 Å². The van der Waals surface area contributed by atoms with Gasteiger partial charge in [-0.2, -0.15) is 0 Å². The van der Waals surface area contributed by atoms with Gasteiger partial charge in [-0.3, -0.25) is 9.63 Å².